The first-order chi connectivity index (χ1) is 14.3. The van der Waals surface area contributed by atoms with Crippen LogP contribution in [0.4, 0.5) is 5.69 Å². The number of hydrazone groups is 1. The van der Waals surface area contributed by atoms with E-state index in [1.165, 1.54) is 5.01 Å². The van der Waals surface area contributed by atoms with Gasteiger partial charge in [0.25, 0.3) is 5.91 Å². The predicted octanol–water partition coefficient (Wildman–Crippen LogP) is 2.29. The Morgan fingerprint density at radius 2 is 2.00 bits per heavy atom. The number of anilines is 1. The van der Waals surface area contributed by atoms with Gasteiger partial charge in [-0.25, -0.2) is 13.4 Å². The molecule has 1 aromatic carbocycles. The van der Waals surface area contributed by atoms with Crippen molar-refractivity contribution in [2.75, 3.05) is 16.4 Å². The molecule has 3 heterocycles. The number of amides is 2. The summed E-state index contributed by atoms with van der Waals surface area (Å²) < 4.78 is 29.1. The minimum atomic E-state index is -3.17. The summed E-state index contributed by atoms with van der Waals surface area (Å²) >= 11 is 0. The highest BCUT2D eigenvalue weighted by Crippen LogP contribution is 2.25. The lowest BCUT2D eigenvalue weighted by molar-refractivity contribution is -0.133. The Labute approximate surface area is 175 Å². The quantitative estimate of drug-likeness (QED) is 0.726. The number of hydrogen-bond donors (Lipinski definition) is 0. The number of nitrogens with zero attached hydrogens (tertiary/aromatic N) is 3. The van der Waals surface area contributed by atoms with Gasteiger partial charge in [0.15, 0.2) is 9.84 Å². The molecule has 0 spiro atoms. The highest BCUT2D eigenvalue weighted by atomic mass is 32.2. The van der Waals surface area contributed by atoms with Crippen molar-refractivity contribution in [3.8, 4) is 0 Å². The Morgan fingerprint density at radius 3 is 2.63 bits per heavy atom. The number of sulfone groups is 1. The van der Waals surface area contributed by atoms with Gasteiger partial charge in [-0.2, -0.15) is 5.10 Å². The number of carbonyl (C=O) groups excluding carboxylic acids is 2. The second-order valence-electron chi connectivity index (χ2n) is 7.65. The van der Waals surface area contributed by atoms with Gasteiger partial charge in [0, 0.05) is 18.5 Å². The summed E-state index contributed by atoms with van der Waals surface area (Å²) in [6.07, 6.45) is 2.23. The highest BCUT2D eigenvalue weighted by Gasteiger charge is 2.38. The van der Waals surface area contributed by atoms with Crippen LogP contribution in [0.1, 0.15) is 30.6 Å². The number of benzene rings is 1. The molecule has 0 unspecified atom stereocenters. The summed E-state index contributed by atoms with van der Waals surface area (Å²) in [5, 5.41) is 5.53. The van der Waals surface area contributed by atoms with Crippen LogP contribution in [0.3, 0.4) is 0 Å². The lowest BCUT2D eigenvalue weighted by Gasteiger charge is -2.29. The van der Waals surface area contributed by atoms with Gasteiger partial charge in [-0.3, -0.25) is 14.5 Å². The van der Waals surface area contributed by atoms with Crippen LogP contribution < -0.4 is 4.90 Å². The molecule has 0 saturated carbocycles. The van der Waals surface area contributed by atoms with E-state index in [1.54, 1.807) is 23.3 Å². The standard InChI is InChI=1S/C21H23N3O5S/c1-15-4-6-16(7-5-15)23(13-18-3-2-11-29-18)21(26)19-8-9-20(25)24(22-19)17-10-12-30(27,28)14-17/h2-7,11,17H,8-10,12-14H2,1H3/t17-/m0/s1. The molecule has 8 nitrogen and oxygen atoms in total. The van der Waals surface area contributed by atoms with E-state index in [-0.39, 0.29) is 48.4 Å². The molecule has 158 valence electrons. The van der Waals surface area contributed by atoms with E-state index >= 15 is 0 Å². The lowest BCUT2D eigenvalue weighted by atomic mass is 10.1. The molecule has 1 saturated heterocycles. The molecule has 0 radical (unpaired) electrons. The fourth-order valence-corrected chi connectivity index (χ4v) is 5.39. The van der Waals surface area contributed by atoms with E-state index in [9.17, 15) is 18.0 Å². The summed E-state index contributed by atoms with van der Waals surface area (Å²) in [7, 11) is -3.17. The van der Waals surface area contributed by atoms with Crippen molar-refractivity contribution >= 4 is 33.1 Å². The molecular weight excluding hydrogens is 406 g/mol. The Kier molecular flexibility index (Phi) is 5.46. The zero-order valence-electron chi connectivity index (χ0n) is 16.7. The van der Waals surface area contributed by atoms with Gasteiger partial charge in [-0.05, 0) is 37.6 Å². The molecule has 1 atom stereocenters. The van der Waals surface area contributed by atoms with Crippen molar-refractivity contribution in [1.29, 1.82) is 0 Å². The maximum Gasteiger partial charge on any atom is 0.274 e. The number of furan rings is 1. The fraction of sp³-hybridized carbons (Fsp3) is 0.381. The van der Waals surface area contributed by atoms with Gasteiger partial charge in [0.2, 0.25) is 5.91 Å². The molecule has 0 N–H and O–H groups in total. The molecule has 2 amide bonds. The predicted molar refractivity (Wildman–Crippen MR) is 112 cm³/mol. The van der Waals surface area contributed by atoms with Gasteiger partial charge < -0.3 is 4.42 Å². The van der Waals surface area contributed by atoms with Crippen molar-refractivity contribution in [3.63, 3.8) is 0 Å². The first kappa shape index (κ1) is 20.3. The molecule has 0 aliphatic carbocycles. The zero-order chi connectivity index (χ0) is 21.3. The molecular formula is C21H23N3O5S. The highest BCUT2D eigenvalue weighted by molar-refractivity contribution is 7.91. The number of rotatable bonds is 5. The third-order valence-corrected chi connectivity index (χ3v) is 7.10. The smallest absolute Gasteiger partial charge is 0.274 e. The third kappa shape index (κ3) is 4.30. The van der Waals surface area contributed by atoms with Crippen LogP contribution in [0.2, 0.25) is 0 Å². The summed E-state index contributed by atoms with van der Waals surface area (Å²) in [5.74, 6) is -0.0308. The Hall–Kier alpha value is -2.94. The molecule has 30 heavy (non-hydrogen) atoms. The normalized spacial score (nSPS) is 20.8. The van der Waals surface area contributed by atoms with E-state index in [2.05, 4.69) is 5.10 Å². The van der Waals surface area contributed by atoms with Crippen molar-refractivity contribution in [2.24, 2.45) is 5.10 Å². The average molecular weight is 429 g/mol. The van der Waals surface area contributed by atoms with E-state index in [4.69, 9.17) is 4.42 Å². The second-order valence-corrected chi connectivity index (χ2v) is 9.88. The van der Waals surface area contributed by atoms with Crippen LogP contribution in [0.5, 0.6) is 0 Å². The summed E-state index contributed by atoms with van der Waals surface area (Å²) in [6.45, 7) is 2.19. The van der Waals surface area contributed by atoms with Crippen LogP contribution in [-0.2, 0) is 26.0 Å². The maximum atomic E-state index is 13.4. The minimum absolute atomic E-state index is 0.0359. The van der Waals surface area contributed by atoms with Crippen LogP contribution >= 0.6 is 0 Å². The molecule has 2 aliphatic rings. The SMILES string of the molecule is Cc1ccc(N(Cc2ccco2)C(=O)C2=NN([C@H]3CCS(=O)(=O)C3)C(=O)CC2)cc1. The lowest BCUT2D eigenvalue weighted by Crippen LogP contribution is -2.45. The van der Waals surface area contributed by atoms with Gasteiger partial charge in [-0.15, -0.1) is 0 Å². The second kappa shape index (κ2) is 8.06. The van der Waals surface area contributed by atoms with E-state index in [1.807, 2.05) is 31.2 Å². The van der Waals surface area contributed by atoms with Crippen LogP contribution in [0, 0.1) is 6.92 Å². The summed E-state index contributed by atoms with van der Waals surface area (Å²) in [5.41, 5.74) is 2.00. The first-order valence-corrected chi connectivity index (χ1v) is 11.7. The third-order valence-electron chi connectivity index (χ3n) is 5.35. The molecule has 2 aliphatic heterocycles. The largest absolute Gasteiger partial charge is 0.467 e. The topological polar surface area (TPSA) is 100 Å². The minimum Gasteiger partial charge on any atom is -0.467 e. The van der Waals surface area contributed by atoms with Gasteiger partial charge in [0.05, 0.1) is 30.4 Å². The number of carbonyl (C=O) groups is 2. The monoisotopic (exact) mass is 429 g/mol. The van der Waals surface area contributed by atoms with E-state index in [0.717, 1.165) is 5.56 Å². The average Bonchev–Trinajstić information content (AvgIpc) is 3.36. The van der Waals surface area contributed by atoms with Crippen molar-refractivity contribution in [3.05, 3.63) is 54.0 Å². The zero-order valence-corrected chi connectivity index (χ0v) is 17.5. The molecule has 2 aromatic rings. The fourth-order valence-electron chi connectivity index (χ4n) is 3.70. The summed E-state index contributed by atoms with van der Waals surface area (Å²) in [6, 6.07) is 10.6. The Bertz CT molecular complexity index is 1070. The van der Waals surface area contributed by atoms with Gasteiger partial charge in [0.1, 0.15) is 11.5 Å². The van der Waals surface area contributed by atoms with Gasteiger partial charge >= 0.3 is 0 Å². The summed E-state index contributed by atoms with van der Waals surface area (Å²) in [4.78, 5) is 27.3. The first-order valence-electron chi connectivity index (χ1n) is 9.83. The van der Waals surface area contributed by atoms with Gasteiger partial charge in [-0.1, -0.05) is 17.7 Å². The van der Waals surface area contributed by atoms with E-state index in [0.29, 0.717) is 17.9 Å². The van der Waals surface area contributed by atoms with Crippen LogP contribution in [0.25, 0.3) is 0 Å². The number of aryl methyl sites for hydroxylation is 1. The van der Waals surface area contributed by atoms with Crippen LogP contribution in [0.15, 0.2) is 52.2 Å². The maximum absolute atomic E-state index is 13.4. The molecule has 1 aromatic heterocycles. The Balaban J connectivity index is 1.63. The molecule has 9 heteroatoms. The molecule has 0 bridgehead atoms. The van der Waals surface area contributed by atoms with Crippen molar-refractivity contribution in [2.45, 2.75) is 38.8 Å². The van der Waals surface area contributed by atoms with E-state index < -0.39 is 15.9 Å². The Morgan fingerprint density at radius 1 is 1.23 bits per heavy atom. The molecule has 1 fully saturated rings. The van der Waals surface area contributed by atoms with Crippen molar-refractivity contribution < 1.29 is 22.4 Å². The number of hydrogen-bond acceptors (Lipinski definition) is 6. The van der Waals surface area contributed by atoms with Crippen molar-refractivity contribution in [1.82, 2.24) is 5.01 Å². The molecule has 4 rings (SSSR count). The van der Waals surface area contributed by atoms with Crippen LogP contribution in [-0.4, -0.2) is 48.5 Å².